The first-order valence-corrected chi connectivity index (χ1v) is 7.63. The van der Waals surface area contributed by atoms with E-state index in [-0.39, 0.29) is 0 Å². The zero-order valence-corrected chi connectivity index (χ0v) is 13.6. The van der Waals surface area contributed by atoms with Gasteiger partial charge in [0.05, 0.1) is 13.7 Å². The number of rotatable bonds is 5. The maximum Gasteiger partial charge on any atom is 0.220 e. The van der Waals surface area contributed by atoms with E-state index in [1.165, 1.54) is 0 Å². The Kier molecular flexibility index (Phi) is 4.53. The van der Waals surface area contributed by atoms with Gasteiger partial charge >= 0.3 is 0 Å². The highest BCUT2D eigenvalue weighted by Gasteiger charge is 2.08. The van der Waals surface area contributed by atoms with E-state index < -0.39 is 0 Å². The molecule has 0 saturated heterocycles. The van der Waals surface area contributed by atoms with Crippen molar-refractivity contribution in [2.24, 2.45) is 0 Å². The lowest BCUT2D eigenvalue weighted by Crippen LogP contribution is -1.96. The number of fused-ring (bicyclic) bond motifs is 1. The van der Waals surface area contributed by atoms with Gasteiger partial charge in [0.15, 0.2) is 17.1 Å². The summed E-state index contributed by atoms with van der Waals surface area (Å²) in [5.74, 6) is 1.90. The minimum absolute atomic E-state index is 0.506. The largest absolute Gasteiger partial charge is 0.492 e. The monoisotopic (exact) mass is 329 g/mol. The standard InChI is InChI=1S/C18H16ClNO3/c1-3-22-16-6-4-5-12(18(16)21-2)7-10-17-20-14-11-13(19)8-9-15(14)23-17/h4-11H,3H2,1-2H3/b10-7+. The molecule has 0 radical (unpaired) electrons. The van der Waals surface area contributed by atoms with Crippen LogP contribution in [0.4, 0.5) is 0 Å². The minimum Gasteiger partial charge on any atom is -0.492 e. The van der Waals surface area contributed by atoms with Crippen molar-refractivity contribution in [3.8, 4) is 11.5 Å². The summed E-state index contributed by atoms with van der Waals surface area (Å²) in [6.45, 7) is 2.51. The third kappa shape index (κ3) is 3.32. The molecule has 5 heteroatoms. The van der Waals surface area contributed by atoms with Crippen LogP contribution < -0.4 is 9.47 Å². The Morgan fingerprint density at radius 2 is 2.09 bits per heavy atom. The van der Waals surface area contributed by atoms with Gasteiger partial charge in [0.25, 0.3) is 0 Å². The molecule has 23 heavy (non-hydrogen) atoms. The second kappa shape index (κ2) is 6.75. The van der Waals surface area contributed by atoms with Gasteiger partial charge in [0, 0.05) is 16.7 Å². The van der Waals surface area contributed by atoms with E-state index in [0.717, 1.165) is 11.1 Å². The molecule has 3 rings (SSSR count). The van der Waals surface area contributed by atoms with Gasteiger partial charge in [-0.3, -0.25) is 0 Å². The van der Waals surface area contributed by atoms with Gasteiger partial charge in [0.1, 0.15) is 5.52 Å². The summed E-state index contributed by atoms with van der Waals surface area (Å²) < 4.78 is 16.7. The highest BCUT2D eigenvalue weighted by atomic mass is 35.5. The first kappa shape index (κ1) is 15.4. The molecule has 1 aromatic heterocycles. The van der Waals surface area contributed by atoms with Crippen molar-refractivity contribution in [1.82, 2.24) is 4.98 Å². The quantitative estimate of drug-likeness (QED) is 0.656. The highest BCUT2D eigenvalue weighted by Crippen LogP contribution is 2.32. The minimum atomic E-state index is 0.506. The van der Waals surface area contributed by atoms with Gasteiger partial charge in [-0.1, -0.05) is 23.7 Å². The molecule has 2 aromatic carbocycles. The number of aromatic nitrogens is 1. The summed E-state index contributed by atoms with van der Waals surface area (Å²) >= 11 is 5.96. The van der Waals surface area contributed by atoms with E-state index in [9.17, 15) is 0 Å². The van der Waals surface area contributed by atoms with Crippen molar-refractivity contribution in [3.63, 3.8) is 0 Å². The highest BCUT2D eigenvalue weighted by molar-refractivity contribution is 6.31. The zero-order valence-electron chi connectivity index (χ0n) is 12.9. The smallest absolute Gasteiger partial charge is 0.220 e. The molecule has 0 aliphatic heterocycles. The van der Waals surface area contributed by atoms with E-state index in [1.54, 1.807) is 31.4 Å². The van der Waals surface area contributed by atoms with E-state index >= 15 is 0 Å². The van der Waals surface area contributed by atoms with Gasteiger partial charge in [-0.15, -0.1) is 0 Å². The summed E-state index contributed by atoms with van der Waals surface area (Å²) in [5, 5.41) is 0.632. The first-order valence-electron chi connectivity index (χ1n) is 7.25. The number of hydrogen-bond acceptors (Lipinski definition) is 4. The molecular formula is C18H16ClNO3. The maximum absolute atomic E-state index is 5.96. The molecule has 0 bridgehead atoms. The van der Waals surface area contributed by atoms with Crippen LogP contribution in [0.1, 0.15) is 18.4 Å². The molecule has 4 nitrogen and oxygen atoms in total. The number of para-hydroxylation sites is 1. The summed E-state index contributed by atoms with van der Waals surface area (Å²) in [7, 11) is 1.62. The molecule has 0 unspecified atom stereocenters. The topological polar surface area (TPSA) is 44.5 Å². The van der Waals surface area contributed by atoms with Crippen LogP contribution in [0, 0.1) is 0 Å². The van der Waals surface area contributed by atoms with Crippen LogP contribution in [0.15, 0.2) is 40.8 Å². The lowest BCUT2D eigenvalue weighted by molar-refractivity contribution is 0.310. The van der Waals surface area contributed by atoms with Crippen molar-refractivity contribution in [2.75, 3.05) is 13.7 Å². The Bertz CT molecular complexity index is 855. The fourth-order valence-corrected chi connectivity index (χ4v) is 2.47. The number of benzene rings is 2. The predicted molar refractivity (Wildman–Crippen MR) is 92.1 cm³/mol. The van der Waals surface area contributed by atoms with Gasteiger partial charge < -0.3 is 13.9 Å². The molecule has 0 atom stereocenters. The summed E-state index contributed by atoms with van der Waals surface area (Å²) in [4.78, 5) is 4.39. The Hall–Kier alpha value is -2.46. The molecule has 118 valence electrons. The first-order chi connectivity index (χ1) is 11.2. The van der Waals surface area contributed by atoms with E-state index in [2.05, 4.69) is 4.98 Å². The molecule has 1 heterocycles. The third-order valence-electron chi connectivity index (χ3n) is 3.28. The van der Waals surface area contributed by atoms with Gasteiger partial charge in [-0.05, 0) is 37.3 Å². The van der Waals surface area contributed by atoms with Crippen LogP contribution >= 0.6 is 11.6 Å². The van der Waals surface area contributed by atoms with Crippen molar-refractivity contribution in [3.05, 3.63) is 52.9 Å². The summed E-state index contributed by atoms with van der Waals surface area (Å²) in [6.07, 6.45) is 3.68. The van der Waals surface area contributed by atoms with Crippen LogP contribution in [-0.2, 0) is 0 Å². The van der Waals surface area contributed by atoms with Crippen molar-refractivity contribution < 1.29 is 13.9 Å². The molecule has 0 aliphatic carbocycles. The molecule has 0 amide bonds. The van der Waals surface area contributed by atoms with Gasteiger partial charge in [-0.2, -0.15) is 0 Å². The third-order valence-corrected chi connectivity index (χ3v) is 3.52. The van der Waals surface area contributed by atoms with Crippen LogP contribution in [0.25, 0.3) is 23.3 Å². The van der Waals surface area contributed by atoms with Gasteiger partial charge in [-0.25, -0.2) is 4.98 Å². The number of nitrogens with zero attached hydrogens (tertiary/aromatic N) is 1. The van der Waals surface area contributed by atoms with E-state index in [0.29, 0.717) is 34.6 Å². The molecule has 0 spiro atoms. The normalized spacial score (nSPS) is 11.3. The fourth-order valence-electron chi connectivity index (χ4n) is 2.30. The number of halogens is 1. The molecule has 0 N–H and O–H groups in total. The lowest BCUT2D eigenvalue weighted by atomic mass is 10.1. The second-order valence-electron chi connectivity index (χ2n) is 4.81. The number of hydrogen-bond donors (Lipinski definition) is 0. The average Bonchev–Trinajstić information content (AvgIpc) is 2.95. The van der Waals surface area contributed by atoms with Crippen LogP contribution in [0.3, 0.4) is 0 Å². The summed E-state index contributed by atoms with van der Waals surface area (Å²) in [5.41, 5.74) is 2.31. The molecule has 0 saturated carbocycles. The fraction of sp³-hybridized carbons (Fsp3) is 0.167. The van der Waals surface area contributed by atoms with Crippen molar-refractivity contribution in [2.45, 2.75) is 6.92 Å². The molecular weight excluding hydrogens is 314 g/mol. The molecule has 0 aliphatic rings. The predicted octanol–water partition coefficient (Wildman–Crippen LogP) is 5.06. The van der Waals surface area contributed by atoms with Crippen molar-refractivity contribution >= 4 is 34.9 Å². The molecule has 3 aromatic rings. The van der Waals surface area contributed by atoms with E-state index in [4.69, 9.17) is 25.5 Å². The van der Waals surface area contributed by atoms with Crippen LogP contribution in [0.2, 0.25) is 5.02 Å². The Balaban J connectivity index is 1.93. The SMILES string of the molecule is CCOc1cccc(/C=C/c2nc3cc(Cl)ccc3o2)c1OC. The van der Waals surface area contributed by atoms with Crippen LogP contribution in [-0.4, -0.2) is 18.7 Å². The maximum atomic E-state index is 5.96. The Morgan fingerprint density at radius 1 is 1.22 bits per heavy atom. The number of oxazole rings is 1. The lowest BCUT2D eigenvalue weighted by Gasteiger charge is -2.11. The van der Waals surface area contributed by atoms with Crippen molar-refractivity contribution in [1.29, 1.82) is 0 Å². The second-order valence-corrected chi connectivity index (χ2v) is 5.25. The Morgan fingerprint density at radius 3 is 2.87 bits per heavy atom. The number of methoxy groups -OCH3 is 1. The van der Waals surface area contributed by atoms with Gasteiger partial charge in [0.2, 0.25) is 5.89 Å². The Labute approximate surface area is 139 Å². The summed E-state index contributed by atoms with van der Waals surface area (Å²) in [6, 6.07) is 11.1. The molecule has 0 fully saturated rings. The van der Waals surface area contributed by atoms with E-state index in [1.807, 2.05) is 31.2 Å². The van der Waals surface area contributed by atoms with Crippen LogP contribution in [0.5, 0.6) is 11.5 Å². The zero-order chi connectivity index (χ0) is 16.2. The number of ether oxygens (including phenoxy) is 2. The average molecular weight is 330 g/mol.